The number of aryl methyl sites for hydroxylation is 3. The molecule has 0 radical (unpaired) electrons. The second-order valence-electron chi connectivity index (χ2n) is 5.20. The molecule has 0 saturated heterocycles. The van der Waals surface area contributed by atoms with Crippen molar-refractivity contribution in [1.29, 1.82) is 0 Å². The number of rotatable bonds is 2. The normalized spacial score (nSPS) is 20.1. The van der Waals surface area contributed by atoms with Gasteiger partial charge in [0.25, 0.3) is 0 Å². The van der Waals surface area contributed by atoms with E-state index in [1.807, 2.05) is 6.92 Å². The first-order valence-electron chi connectivity index (χ1n) is 5.73. The highest BCUT2D eigenvalue weighted by atomic mass is 16.3. The van der Waals surface area contributed by atoms with Crippen LogP contribution in [0.25, 0.3) is 0 Å². The topological polar surface area (TPSA) is 20.2 Å². The number of hydrogen-bond acceptors (Lipinski definition) is 1. The maximum Gasteiger partial charge on any atom is 0.0901 e. The average molecular weight is 204 g/mol. The van der Waals surface area contributed by atoms with Crippen molar-refractivity contribution in [2.45, 2.75) is 46.1 Å². The van der Waals surface area contributed by atoms with E-state index in [0.717, 1.165) is 5.56 Å². The van der Waals surface area contributed by atoms with E-state index in [1.54, 1.807) is 0 Å². The third-order valence-electron chi connectivity index (χ3n) is 3.56. The monoisotopic (exact) mass is 204 g/mol. The van der Waals surface area contributed by atoms with E-state index < -0.39 is 5.60 Å². The summed E-state index contributed by atoms with van der Waals surface area (Å²) < 4.78 is 0. The first kappa shape index (κ1) is 10.7. The highest BCUT2D eigenvalue weighted by Gasteiger charge is 2.42. The van der Waals surface area contributed by atoms with E-state index in [1.165, 1.54) is 29.5 Å². The largest absolute Gasteiger partial charge is 0.385 e. The maximum absolute atomic E-state index is 10.6. The van der Waals surface area contributed by atoms with Crippen LogP contribution in [0.5, 0.6) is 0 Å². The van der Waals surface area contributed by atoms with E-state index in [0.29, 0.717) is 5.92 Å². The van der Waals surface area contributed by atoms with Crippen LogP contribution in [0.3, 0.4) is 0 Å². The van der Waals surface area contributed by atoms with Crippen LogP contribution >= 0.6 is 0 Å². The van der Waals surface area contributed by atoms with Crippen molar-refractivity contribution in [1.82, 2.24) is 0 Å². The van der Waals surface area contributed by atoms with Gasteiger partial charge in [0.1, 0.15) is 0 Å². The van der Waals surface area contributed by atoms with Gasteiger partial charge < -0.3 is 5.11 Å². The van der Waals surface area contributed by atoms with Crippen LogP contribution in [-0.2, 0) is 5.60 Å². The molecule has 1 aliphatic rings. The Kier molecular flexibility index (Phi) is 2.38. The van der Waals surface area contributed by atoms with Gasteiger partial charge in [0.15, 0.2) is 0 Å². The molecule has 1 N–H and O–H groups in total. The Morgan fingerprint density at radius 3 is 2.00 bits per heavy atom. The molecule has 0 bridgehead atoms. The molecular formula is C14H20O. The minimum atomic E-state index is -0.623. The summed E-state index contributed by atoms with van der Waals surface area (Å²) in [6.07, 6.45) is 2.33. The van der Waals surface area contributed by atoms with E-state index >= 15 is 0 Å². The lowest BCUT2D eigenvalue weighted by atomic mass is 9.84. The maximum atomic E-state index is 10.6. The van der Waals surface area contributed by atoms with E-state index in [4.69, 9.17) is 0 Å². The molecule has 1 saturated carbocycles. The molecular weight excluding hydrogens is 184 g/mol. The van der Waals surface area contributed by atoms with Crippen molar-refractivity contribution in [2.75, 3.05) is 0 Å². The van der Waals surface area contributed by atoms with Crippen LogP contribution in [0.15, 0.2) is 12.1 Å². The molecule has 1 aromatic rings. The van der Waals surface area contributed by atoms with Crippen molar-refractivity contribution in [3.05, 3.63) is 34.4 Å². The fourth-order valence-electron chi connectivity index (χ4n) is 2.83. The van der Waals surface area contributed by atoms with Crippen LogP contribution < -0.4 is 0 Å². The van der Waals surface area contributed by atoms with Gasteiger partial charge in [-0.25, -0.2) is 0 Å². The predicted molar refractivity (Wildman–Crippen MR) is 62.9 cm³/mol. The minimum Gasteiger partial charge on any atom is -0.385 e. The van der Waals surface area contributed by atoms with Gasteiger partial charge in [0.2, 0.25) is 0 Å². The second kappa shape index (κ2) is 3.34. The Morgan fingerprint density at radius 1 is 1.13 bits per heavy atom. The molecule has 0 amide bonds. The van der Waals surface area contributed by atoms with Gasteiger partial charge in [0, 0.05) is 0 Å². The van der Waals surface area contributed by atoms with E-state index in [2.05, 4.69) is 32.9 Å². The number of aliphatic hydroxyl groups is 1. The quantitative estimate of drug-likeness (QED) is 0.784. The van der Waals surface area contributed by atoms with Crippen LogP contribution in [0.2, 0.25) is 0 Å². The van der Waals surface area contributed by atoms with Crippen molar-refractivity contribution in [3.8, 4) is 0 Å². The number of benzene rings is 1. The van der Waals surface area contributed by atoms with Crippen LogP contribution in [0.4, 0.5) is 0 Å². The van der Waals surface area contributed by atoms with Crippen molar-refractivity contribution < 1.29 is 5.11 Å². The fourth-order valence-corrected chi connectivity index (χ4v) is 2.83. The SMILES string of the molecule is Cc1cc(C)c([C@](C)(O)C2CC2)c(C)c1. The molecule has 1 fully saturated rings. The lowest BCUT2D eigenvalue weighted by molar-refractivity contribution is 0.0318. The molecule has 0 spiro atoms. The average Bonchev–Trinajstić information content (AvgIpc) is 2.81. The molecule has 0 heterocycles. The first-order valence-corrected chi connectivity index (χ1v) is 5.73. The summed E-state index contributed by atoms with van der Waals surface area (Å²) in [4.78, 5) is 0. The second-order valence-corrected chi connectivity index (χ2v) is 5.20. The van der Waals surface area contributed by atoms with Gasteiger partial charge in [-0.2, -0.15) is 0 Å². The molecule has 2 rings (SSSR count). The Bertz CT molecular complexity index is 363. The Morgan fingerprint density at radius 2 is 1.60 bits per heavy atom. The minimum absolute atomic E-state index is 0.470. The van der Waals surface area contributed by atoms with E-state index in [9.17, 15) is 5.11 Å². The third kappa shape index (κ3) is 1.81. The van der Waals surface area contributed by atoms with E-state index in [-0.39, 0.29) is 0 Å². The predicted octanol–water partition coefficient (Wildman–Crippen LogP) is 3.23. The van der Waals surface area contributed by atoms with Gasteiger partial charge >= 0.3 is 0 Å². The van der Waals surface area contributed by atoms with Crippen LogP contribution in [0, 0.1) is 26.7 Å². The molecule has 0 unspecified atom stereocenters. The van der Waals surface area contributed by atoms with Gasteiger partial charge in [0.05, 0.1) is 5.60 Å². The Labute approximate surface area is 92.1 Å². The van der Waals surface area contributed by atoms with Gasteiger partial charge in [-0.3, -0.25) is 0 Å². The molecule has 1 heteroatoms. The zero-order valence-corrected chi connectivity index (χ0v) is 10.1. The van der Waals surface area contributed by atoms with Crippen LogP contribution in [0.1, 0.15) is 42.0 Å². The summed E-state index contributed by atoms with van der Waals surface area (Å²) in [6, 6.07) is 4.33. The summed E-state index contributed by atoms with van der Waals surface area (Å²) in [6.45, 7) is 8.28. The summed E-state index contributed by atoms with van der Waals surface area (Å²) in [5.41, 5.74) is 4.26. The summed E-state index contributed by atoms with van der Waals surface area (Å²) in [7, 11) is 0. The summed E-state index contributed by atoms with van der Waals surface area (Å²) >= 11 is 0. The lowest BCUT2D eigenvalue weighted by Crippen LogP contribution is -2.26. The summed E-state index contributed by atoms with van der Waals surface area (Å²) in [5, 5.41) is 10.6. The molecule has 1 aromatic carbocycles. The first-order chi connectivity index (χ1) is 6.93. The highest BCUT2D eigenvalue weighted by Crippen LogP contribution is 2.47. The van der Waals surface area contributed by atoms with Crippen molar-refractivity contribution in [3.63, 3.8) is 0 Å². The summed E-state index contributed by atoms with van der Waals surface area (Å²) in [5.74, 6) is 0.470. The smallest absolute Gasteiger partial charge is 0.0901 e. The van der Waals surface area contributed by atoms with Crippen molar-refractivity contribution >= 4 is 0 Å². The molecule has 0 aromatic heterocycles. The fraction of sp³-hybridized carbons (Fsp3) is 0.571. The van der Waals surface area contributed by atoms with Crippen LogP contribution in [-0.4, -0.2) is 5.11 Å². The Hall–Kier alpha value is -0.820. The highest BCUT2D eigenvalue weighted by molar-refractivity contribution is 5.42. The molecule has 1 aliphatic carbocycles. The standard InChI is InChI=1S/C14H20O/c1-9-7-10(2)13(11(3)8-9)14(4,15)12-5-6-12/h7-8,12,15H,5-6H2,1-4H3/t14-/m1/s1. The Balaban J connectivity index is 2.51. The molecule has 0 aliphatic heterocycles. The molecule has 1 nitrogen and oxygen atoms in total. The molecule has 82 valence electrons. The third-order valence-corrected chi connectivity index (χ3v) is 3.56. The number of hydrogen-bond donors (Lipinski definition) is 1. The van der Waals surface area contributed by atoms with Gasteiger partial charge in [-0.05, 0) is 63.1 Å². The van der Waals surface area contributed by atoms with Crippen molar-refractivity contribution in [2.24, 2.45) is 5.92 Å². The zero-order chi connectivity index (χ0) is 11.2. The molecule has 15 heavy (non-hydrogen) atoms. The lowest BCUT2D eigenvalue weighted by Gasteiger charge is -2.28. The molecule has 1 atom stereocenters. The van der Waals surface area contributed by atoms with Gasteiger partial charge in [-0.1, -0.05) is 17.7 Å². The van der Waals surface area contributed by atoms with Gasteiger partial charge in [-0.15, -0.1) is 0 Å². The zero-order valence-electron chi connectivity index (χ0n) is 10.1.